The molecule has 4 aliphatic rings. The van der Waals surface area contributed by atoms with E-state index in [-0.39, 0.29) is 11.4 Å². The van der Waals surface area contributed by atoms with Gasteiger partial charge in [0.2, 0.25) is 0 Å². The number of nitrogens with two attached hydrogens (primary N) is 1. The number of nitriles is 1. The average Bonchev–Trinajstić information content (AvgIpc) is 3.29. The molecular formula is C26H25F2N5O2. The van der Waals surface area contributed by atoms with E-state index in [0.717, 1.165) is 18.4 Å². The van der Waals surface area contributed by atoms with Crippen LogP contribution in [0.2, 0.25) is 0 Å². The van der Waals surface area contributed by atoms with E-state index in [1.54, 1.807) is 24.4 Å². The second kappa shape index (κ2) is 9.12. The fourth-order valence-electron chi connectivity index (χ4n) is 5.53. The number of benzene rings is 2. The molecule has 3 aliphatic carbocycles. The molecule has 3 fully saturated rings. The van der Waals surface area contributed by atoms with Gasteiger partial charge in [-0.25, -0.2) is 13.8 Å². The molecule has 3 saturated carbocycles. The number of nitrogens with one attached hydrogen (secondary N) is 2. The zero-order valence-corrected chi connectivity index (χ0v) is 18.9. The first-order valence-corrected chi connectivity index (χ1v) is 11.7. The SMILES string of the molecule is N#Cc1ccc2c(c1)C(N)N=C(c1c[nH]c3c(F)cc(F)cc13)N2.O=C(O)C1CC2CCC1CC2. The third-order valence-corrected chi connectivity index (χ3v) is 7.35. The maximum Gasteiger partial charge on any atom is 0.306 e. The standard InChI is InChI=1S/C17H11F2N5.C9H14O2/c18-9-4-10-12(7-22-15(10)13(19)5-9)17-23-14-2-1-8(6-20)3-11(14)16(21)24-17;10-9(11)8-5-6-1-3-7(8)4-2-6/h1-5,7,16,22H,21H2,(H,23,24);6-8H,1-5H2,(H,10,11). The van der Waals surface area contributed by atoms with E-state index in [4.69, 9.17) is 16.1 Å². The lowest BCUT2D eigenvalue weighted by Gasteiger charge is -2.40. The highest BCUT2D eigenvalue weighted by atomic mass is 19.1. The van der Waals surface area contributed by atoms with Crippen molar-refractivity contribution in [2.45, 2.75) is 38.3 Å². The van der Waals surface area contributed by atoms with E-state index in [2.05, 4.69) is 21.4 Å². The third kappa shape index (κ3) is 4.37. The Morgan fingerprint density at radius 1 is 1.17 bits per heavy atom. The molecule has 2 aromatic carbocycles. The van der Waals surface area contributed by atoms with Gasteiger partial charge in [0.05, 0.1) is 23.1 Å². The summed E-state index contributed by atoms with van der Waals surface area (Å²) >= 11 is 0. The highest BCUT2D eigenvalue weighted by Gasteiger charge is 2.39. The molecule has 2 unspecified atom stereocenters. The molecule has 35 heavy (non-hydrogen) atoms. The monoisotopic (exact) mass is 477 g/mol. The molecule has 7 nitrogen and oxygen atoms in total. The molecule has 0 amide bonds. The molecule has 2 heterocycles. The van der Waals surface area contributed by atoms with Gasteiger partial charge >= 0.3 is 5.97 Å². The van der Waals surface area contributed by atoms with Gasteiger partial charge in [-0.3, -0.25) is 4.79 Å². The van der Waals surface area contributed by atoms with Crippen LogP contribution in [0.4, 0.5) is 14.5 Å². The number of carbonyl (C=O) groups is 1. The van der Waals surface area contributed by atoms with E-state index < -0.39 is 23.8 Å². The molecule has 1 aliphatic heterocycles. The smallest absolute Gasteiger partial charge is 0.306 e. The molecule has 3 aromatic rings. The summed E-state index contributed by atoms with van der Waals surface area (Å²) in [7, 11) is 0. The van der Waals surface area contributed by atoms with Gasteiger partial charge in [-0.05, 0) is 55.4 Å². The number of halogens is 2. The first kappa shape index (κ1) is 23.0. The Hall–Kier alpha value is -3.77. The minimum Gasteiger partial charge on any atom is -0.481 e. The van der Waals surface area contributed by atoms with Gasteiger partial charge in [-0.15, -0.1) is 0 Å². The lowest BCUT2D eigenvalue weighted by molar-refractivity contribution is -0.147. The van der Waals surface area contributed by atoms with Crippen LogP contribution in [0.5, 0.6) is 0 Å². The van der Waals surface area contributed by atoms with Crippen LogP contribution in [0.15, 0.2) is 41.5 Å². The molecule has 7 rings (SSSR count). The van der Waals surface area contributed by atoms with Crippen molar-refractivity contribution in [3.05, 3.63) is 64.9 Å². The number of anilines is 1. The number of fused-ring (bicyclic) bond motifs is 5. The molecule has 1 aromatic heterocycles. The van der Waals surface area contributed by atoms with Crippen molar-refractivity contribution >= 4 is 28.4 Å². The highest BCUT2D eigenvalue weighted by molar-refractivity contribution is 6.16. The second-order valence-electron chi connectivity index (χ2n) is 9.44. The van der Waals surface area contributed by atoms with E-state index in [0.29, 0.717) is 39.5 Å². The Kier molecular flexibility index (Phi) is 5.99. The number of hydrogen-bond donors (Lipinski definition) is 4. The van der Waals surface area contributed by atoms with Crippen molar-refractivity contribution in [2.75, 3.05) is 5.32 Å². The van der Waals surface area contributed by atoms with Crippen LogP contribution in [-0.4, -0.2) is 21.9 Å². The predicted molar refractivity (Wildman–Crippen MR) is 128 cm³/mol. The molecule has 0 saturated heterocycles. The Morgan fingerprint density at radius 2 is 1.94 bits per heavy atom. The summed E-state index contributed by atoms with van der Waals surface area (Å²) in [6.45, 7) is 0. The second-order valence-corrected chi connectivity index (χ2v) is 9.44. The summed E-state index contributed by atoms with van der Waals surface area (Å²) in [5.41, 5.74) is 8.68. The first-order chi connectivity index (χ1) is 16.8. The minimum absolute atomic E-state index is 0.00231. The summed E-state index contributed by atoms with van der Waals surface area (Å²) < 4.78 is 27.4. The molecule has 0 spiro atoms. The molecule has 0 radical (unpaired) electrons. The molecule has 180 valence electrons. The Balaban J connectivity index is 0.000000192. The number of rotatable bonds is 2. The number of aliphatic imine (C=N–C) groups is 1. The molecule has 2 bridgehead atoms. The first-order valence-electron chi connectivity index (χ1n) is 11.7. The van der Waals surface area contributed by atoms with Gasteiger partial charge in [0, 0.05) is 34.5 Å². The van der Waals surface area contributed by atoms with Crippen LogP contribution in [0.25, 0.3) is 10.9 Å². The van der Waals surface area contributed by atoms with Crippen molar-refractivity contribution in [1.29, 1.82) is 5.26 Å². The van der Waals surface area contributed by atoms with Gasteiger partial charge < -0.3 is 21.1 Å². The van der Waals surface area contributed by atoms with E-state index in [1.807, 2.05) is 0 Å². The maximum absolute atomic E-state index is 13.8. The topological polar surface area (TPSA) is 127 Å². The normalized spacial score (nSPS) is 24.5. The number of aliphatic carboxylic acids is 1. The third-order valence-electron chi connectivity index (χ3n) is 7.35. The van der Waals surface area contributed by atoms with Gasteiger partial charge in [-0.2, -0.15) is 5.26 Å². The summed E-state index contributed by atoms with van der Waals surface area (Å²) in [5.74, 6) is -0.229. The number of carboxylic acids is 1. The van der Waals surface area contributed by atoms with Crippen LogP contribution < -0.4 is 11.1 Å². The Labute approximate surface area is 200 Å². The highest BCUT2D eigenvalue weighted by Crippen LogP contribution is 2.44. The van der Waals surface area contributed by atoms with E-state index in [1.165, 1.54) is 31.7 Å². The Bertz CT molecular complexity index is 1370. The summed E-state index contributed by atoms with van der Waals surface area (Å²) in [5, 5.41) is 21.3. The number of amidine groups is 1. The van der Waals surface area contributed by atoms with E-state index >= 15 is 0 Å². The van der Waals surface area contributed by atoms with Crippen molar-refractivity contribution in [3.63, 3.8) is 0 Å². The van der Waals surface area contributed by atoms with Crippen LogP contribution in [0.1, 0.15) is 55.0 Å². The predicted octanol–water partition coefficient (Wildman–Crippen LogP) is 5.04. The van der Waals surface area contributed by atoms with Gasteiger partial charge in [0.15, 0.2) is 0 Å². The van der Waals surface area contributed by atoms with Crippen molar-refractivity contribution in [1.82, 2.24) is 4.98 Å². The average molecular weight is 478 g/mol. The molecular weight excluding hydrogens is 452 g/mol. The van der Waals surface area contributed by atoms with Gasteiger partial charge in [0.25, 0.3) is 0 Å². The van der Waals surface area contributed by atoms with Crippen molar-refractivity contribution < 1.29 is 18.7 Å². The van der Waals surface area contributed by atoms with Crippen LogP contribution >= 0.6 is 0 Å². The lowest BCUT2D eigenvalue weighted by atomic mass is 9.65. The van der Waals surface area contributed by atoms with Gasteiger partial charge in [-0.1, -0.05) is 12.8 Å². The maximum atomic E-state index is 13.8. The zero-order valence-electron chi connectivity index (χ0n) is 18.9. The van der Waals surface area contributed by atoms with Crippen LogP contribution in [0.3, 0.4) is 0 Å². The zero-order chi connectivity index (χ0) is 24.7. The van der Waals surface area contributed by atoms with Gasteiger partial charge in [0.1, 0.15) is 23.6 Å². The summed E-state index contributed by atoms with van der Waals surface area (Å²) in [6.07, 6.45) is 6.75. The van der Waals surface area contributed by atoms with Crippen LogP contribution in [-0.2, 0) is 4.79 Å². The lowest BCUT2D eigenvalue weighted by Crippen LogP contribution is -2.35. The van der Waals surface area contributed by atoms with Crippen molar-refractivity contribution in [2.24, 2.45) is 28.5 Å². The number of hydrogen-bond acceptors (Lipinski definition) is 5. The quantitative estimate of drug-likeness (QED) is 0.411. The molecule has 9 heteroatoms. The summed E-state index contributed by atoms with van der Waals surface area (Å²) in [4.78, 5) is 17.9. The number of nitrogens with zero attached hydrogens (tertiary/aromatic N) is 2. The van der Waals surface area contributed by atoms with Crippen LogP contribution in [0, 0.1) is 40.7 Å². The fraction of sp³-hybridized carbons (Fsp3) is 0.346. The van der Waals surface area contributed by atoms with Crippen molar-refractivity contribution in [3.8, 4) is 6.07 Å². The summed E-state index contributed by atoms with van der Waals surface area (Å²) in [6, 6.07) is 9.19. The Morgan fingerprint density at radius 3 is 2.57 bits per heavy atom. The molecule has 2 atom stereocenters. The molecule has 5 N–H and O–H groups in total. The van der Waals surface area contributed by atoms with E-state index in [9.17, 15) is 13.6 Å². The minimum atomic E-state index is -0.673. The number of aromatic nitrogens is 1. The largest absolute Gasteiger partial charge is 0.481 e. The number of carboxylic acid groups (broad SMARTS) is 1. The number of H-pyrrole nitrogens is 1. The fourth-order valence-corrected chi connectivity index (χ4v) is 5.53. The number of aromatic amines is 1.